The molecule has 2 rings (SSSR count). The highest BCUT2D eigenvalue weighted by Crippen LogP contribution is 2.18. The molecule has 144 valence electrons. The van der Waals surface area contributed by atoms with Gasteiger partial charge in [-0.15, -0.1) is 0 Å². The number of nitrogens with one attached hydrogen (secondary N) is 2. The molecular weight excluding hydrogens is 360 g/mol. The number of benzene rings is 2. The zero-order valence-corrected chi connectivity index (χ0v) is 16.9. The van der Waals surface area contributed by atoms with Crippen molar-refractivity contribution >= 4 is 28.9 Å². The van der Waals surface area contributed by atoms with Crippen LogP contribution in [-0.4, -0.2) is 23.7 Å². The summed E-state index contributed by atoms with van der Waals surface area (Å²) in [6, 6.07) is 14.4. The van der Waals surface area contributed by atoms with Crippen LogP contribution in [0.3, 0.4) is 0 Å². The highest BCUT2D eigenvalue weighted by Gasteiger charge is 2.09. The molecule has 0 fully saturated rings. The molecule has 0 saturated heterocycles. The van der Waals surface area contributed by atoms with E-state index in [9.17, 15) is 4.79 Å². The van der Waals surface area contributed by atoms with Gasteiger partial charge in [-0.1, -0.05) is 19.9 Å². The van der Waals surface area contributed by atoms with E-state index in [1.54, 1.807) is 24.3 Å². The van der Waals surface area contributed by atoms with Crippen molar-refractivity contribution in [3.63, 3.8) is 0 Å². The summed E-state index contributed by atoms with van der Waals surface area (Å²) in [6.45, 7) is 8.73. The SMILES string of the molecule is CC(C)COc1cccc(NC(=S)NC(=O)c2ccc(OC(C)C)cc2)c1. The van der Waals surface area contributed by atoms with Crippen LogP contribution in [0, 0.1) is 5.92 Å². The van der Waals surface area contributed by atoms with E-state index in [-0.39, 0.29) is 17.1 Å². The summed E-state index contributed by atoms with van der Waals surface area (Å²) in [5.74, 6) is 1.64. The van der Waals surface area contributed by atoms with Crippen LogP contribution in [0.2, 0.25) is 0 Å². The van der Waals surface area contributed by atoms with Crippen molar-refractivity contribution in [3.8, 4) is 11.5 Å². The van der Waals surface area contributed by atoms with E-state index in [0.717, 1.165) is 17.2 Å². The number of ether oxygens (including phenoxy) is 2. The van der Waals surface area contributed by atoms with Crippen molar-refractivity contribution in [3.05, 3.63) is 54.1 Å². The third-order valence-electron chi connectivity index (χ3n) is 3.39. The topological polar surface area (TPSA) is 59.6 Å². The predicted molar refractivity (Wildman–Crippen MR) is 113 cm³/mol. The van der Waals surface area contributed by atoms with E-state index < -0.39 is 0 Å². The summed E-state index contributed by atoms with van der Waals surface area (Å²) < 4.78 is 11.3. The fourth-order valence-electron chi connectivity index (χ4n) is 2.22. The van der Waals surface area contributed by atoms with E-state index in [1.165, 1.54) is 0 Å². The molecule has 0 spiro atoms. The summed E-state index contributed by atoms with van der Waals surface area (Å²) in [4.78, 5) is 12.3. The molecule has 0 heterocycles. The number of rotatable bonds is 7. The Morgan fingerprint density at radius 3 is 2.37 bits per heavy atom. The molecule has 1 amide bonds. The Kier molecular flexibility index (Phi) is 7.61. The van der Waals surface area contributed by atoms with Crippen molar-refractivity contribution < 1.29 is 14.3 Å². The maximum absolute atomic E-state index is 12.3. The first-order chi connectivity index (χ1) is 12.8. The number of anilines is 1. The Balaban J connectivity index is 1.91. The van der Waals surface area contributed by atoms with Gasteiger partial charge in [-0.05, 0) is 68.4 Å². The molecule has 2 aromatic rings. The molecule has 0 bridgehead atoms. The van der Waals surface area contributed by atoms with E-state index in [1.807, 2.05) is 38.1 Å². The molecule has 0 atom stereocenters. The number of carbonyl (C=O) groups excluding carboxylic acids is 1. The molecule has 0 saturated carbocycles. The predicted octanol–water partition coefficient (Wildman–Crippen LogP) is 4.64. The minimum absolute atomic E-state index is 0.0849. The Bertz CT molecular complexity index is 773. The Labute approximate surface area is 166 Å². The maximum atomic E-state index is 12.3. The summed E-state index contributed by atoms with van der Waals surface area (Å²) in [5, 5.41) is 5.90. The molecule has 2 aromatic carbocycles. The molecule has 5 nitrogen and oxygen atoms in total. The zero-order chi connectivity index (χ0) is 19.8. The molecule has 0 aromatic heterocycles. The van der Waals surface area contributed by atoms with E-state index in [0.29, 0.717) is 18.1 Å². The average Bonchev–Trinajstić information content (AvgIpc) is 2.60. The van der Waals surface area contributed by atoms with Gasteiger partial charge in [0.25, 0.3) is 5.91 Å². The highest BCUT2D eigenvalue weighted by molar-refractivity contribution is 7.80. The quantitative estimate of drug-likeness (QED) is 0.679. The molecule has 0 aliphatic rings. The third kappa shape index (κ3) is 7.27. The Morgan fingerprint density at radius 2 is 1.74 bits per heavy atom. The molecule has 0 aliphatic carbocycles. The van der Waals surface area contributed by atoms with Crippen LogP contribution in [0.1, 0.15) is 38.1 Å². The van der Waals surface area contributed by atoms with E-state index in [2.05, 4.69) is 24.5 Å². The second-order valence-corrected chi connectivity index (χ2v) is 7.24. The minimum atomic E-state index is -0.282. The molecule has 2 N–H and O–H groups in total. The van der Waals surface area contributed by atoms with Crippen LogP contribution < -0.4 is 20.1 Å². The number of carbonyl (C=O) groups is 1. The average molecular weight is 387 g/mol. The van der Waals surface area contributed by atoms with Crippen molar-refractivity contribution in [1.82, 2.24) is 5.32 Å². The van der Waals surface area contributed by atoms with Gasteiger partial charge in [-0.25, -0.2) is 0 Å². The Hall–Kier alpha value is -2.60. The number of hydrogen-bond donors (Lipinski definition) is 2. The van der Waals surface area contributed by atoms with Gasteiger partial charge >= 0.3 is 0 Å². The second-order valence-electron chi connectivity index (χ2n) is 6.83. The lowest BCUT2D eigenvalue weighted by molar-refractivity contribution is 0.0977. The smallest absolute Gasteiger partial charge is 0.257 e. The van der Waals surface area contributed by atoms with E-state index >= 15 is 0 Å². The normalized spacial score (nSPS) is 10.6. The summed E-state index contributed by atoms with van der Waals surface area (Å²) in [6.07, 6.45) is 0.0849. The first-order valence-corrected chi connectivity index (χ1v) is 9.36. The van der Waals surface area contributed by atoms with Crippen LogP contribution in [0.15, 0.2) is 48.5 Å². The standard InChI is InChI=1S/C21H26N2O3S/c1-14(2)13-25-19-7-5-6-17(12-19)22-21(27)23-20(24)16-8-10-18(11-9-16)26-15(3)4/h5-12,14-15H,13H2,1-4H3,(H2,22,23,24,27). The lowest BCUT2D eigenvalue weighted by Crippen LogP contribution is -2.34. The third-order valence-corrected chi connectivity index (χ3v) is 3.59. The maximum Gasteiger partial charge on any atom is 0.257 e. The fraction of sp³-hybridized carbons (Fsp3) is 0.333. The summed E-state index contributed by atoms with van der Waals surface area (Å²) in [5.41, 5.74) is 1.26. The van der Waals surface area contributed by atoms with Crippen LogP contribution in [0.5, 0.6) is 11.5 Å². The molecule has 27 heavy (non-hydrogen) atoms. The number of thiocarbonyl (C=S) groups is 1. The zero-order valence-electron chi connectivity index (χ0n) is 16.1. The van der Waals surface area contributed by atoms with E-state index in [4.69, 9.17) is 21.7 Å². The van der Waals surface area contributed by atoms with Gasteiger partial charge in [0.2, 0.25) is 0 Å². The number of hydrogen-bond acceptors (Lipinski definition) is 4. The molecule has 0 radical (unpaired) electrons. The van der Waals surface area contributed by atoms with Crippen LogP contribution in [0.4, 0.5) is 5.69 Å². The highest BCUT2D eigenvalue weighted by atomic mass is 32.1. The van der Waals surface area contributed by atoms with Crippen LogP contribution >= 0.6 is 12.2 Å². The Morgan fingerprint density at radius 1 is 1.04 bits per heavy atom. The molecule has 0 aliphatic heterocycles. The van der Waals surface area contributed by atoms with Gasteiger partial charge in [-0.2, -0.15) is 0 Å². The van der Waals surface area contributed by atoms with Crippen LogP contribution in [-0.2, 0) is 0 Å². The van der Waals surface area contributed by atoms with Gasteiger partial charge < -0.3 is 14.8 Å². The van der Waals surface area contributed by atoms with Crippen molar-refractivity contribution in [2.75, 3.05) is 11.9 Å². The first-order valence-electron chi connectivity index (χ1n) is 8.95. The van der Waals surface area contributed by atoms with Gasteiger partial charge in [0.05, 0.1) is 12.7 Å². The molecule has 6 heteroatoms. The number of amides is 1. The second kappa shape index (κ2) is 9.92. The largest absolute Gasteiger partial charge is 0.493 e. The fourth-order valence-corrected chi connectivity index (χ4v) is 2.43. The molecular formula is C21H26N2O3S. The minimum Gasteiger partial charge on any atom is -0.493 e. The summed E-state index contributed by atoms with van der Waals surface area (Å²) in [7, 11) is 0. The van der Waals surface area contributed by atoms with Crippen LogP contribution in [0.25, 0.3) is 0 Å². The van der Waals surface area contributed by atoms with Gasteiger partial charge in [-0.3, -0.25) is 10.1 Å². The molecule has 0 unspecified atom stereocenters. The summed E-state index contributed by atoms with van der Waals surface area (Å²) >= 11 is 5.24. The van der Waals surface area contributed by atoms with Gasteiger partial charge in [0.15, 0.2) is 5.11 Å². The van der Waals surface area contributed by atoms with Crippen molar-refractivity contribution in [1.29, 1.82) is 0 Å². The van der Waals surface area contributed by atoms with Gasteiger partial charge in [0, 0.05) is 17.3 Å². The van der Waals surface area contributed by atoms with Crippen molar-refractivity contribution in [2.24, 2.45) is 5.92 Å². The monoisotopic (exact) mass is 386 g/mol. The van der Waals surface area contributed by atoms with Gasteiger partial charge in [0.1, 0.15) is 11.5 Å². The first kappa shape index (κ1) is 20.7. The lowest BCUT2D eigenvalue weighted by Gasteiger charge is -2.13. The van der Waals surface area contributed by atoms with Crippen molar-refractivity contribution in [2.45, 2.75) is 33.8 Å². The lowest BCUT2D eigenvalue weighted by atomic mass is 10.2.